The van der Waals surface area contributed by atoms with Crippen LogP contribution in [0.1, 0.15) is 52.4 Å². The Kier molecular flexibility index (Phi) is 7.87. The van der Waals surface area contributed by atoms with E-state index in [0.717, 1.165) is 18.4 Å². The maximum absolute atomic E-state index is 3.54. The summed E-state index contributed by atoms with van der Waals surface area (Å²) in [7, 11) is 2.28. The zero-order chi connectivity index (χ0) is 12.5. The molecule has 1 saturated carbocycles. The largest absolute Gasteiger partial charge is 0.315 e. The van der Waals surface area contributed by atoms with Crippen molar-refractivity contribution in [2.75, 3.05) is 33.2 Å². The summed E-state index contributed by atoms with van der Waals surface area (Å²) >= 11 is 0. The maximum atomic E-state index is 3.54. The summed E-state index contributed by atoms with van der Waals surface area (Å²) in [4.78, 5) is 2.51. The summed E-state index contributed by atoms with van der Waals surface area (Å²) in [5.74, 6) is 1.80. The number of likely N-dealkylation sites (N-methyl/N-ethyl adjacent to an activating group) is 1. The van der Waals surface area contributed by atoms with Crippen LogP contribution in [0.4, 0.5) is 0 Å². The minimum atomic E-state index is 0.822. The van der Waals surface area contributed by atoms with Crippen molar-refractivity contribution in [3.8, 4) is 0 Å². The molecule has 0 bridgehead atoms. The lowest BCUT2D eigenvalue weighted by Crippen LogP contribution is -2.33. The van der Waals surface area contributed by atoms with E-state index in [1.807, 2.05) is 0 Å². The first-order valence-electron chi connectivity index (χ1n) is 7.57. The van der Waals surface area contributed by atoms with Crippen molar-refractivity contribution in [3.63, 3.8) is 0 Å². The van der Waals surface area contributed by atoms with Crippen molar-refractivity contribution in [2.45, 2.75) is 52.4 Å². The Hall–Kier alpha value is -0.0800. The highest BCUT2D eigenvalue weighted by Gasteiger charge is 2.14. The molecule has 0 aliphatic heterocycles. The second-order valence-corrected chi connectivity index (χ2v) is 6.20. The molecule has 0 saturated heterocycles. The topological polar surface area (TPSA) is 15.3 Å². The van der Waals surface area contributed by atoms with E-state index in [0.29, 0.717) is 0 Å². The Morgan fingerprint density at radius 3 is 2.47 bits per heavy atom. The van der Waals surface area contributed by atoms with E-state index in [1.54, 1.807) is 0 Å². The lowest BCUT2D eigenvalue weighted by Gasteiger charge is -2.27. The first kappa shape index (κ1) is 15.0. The molecule has 1 N–H and O–H groups in total. The smallest absolute Gasteiger partial charge is 0.0104 e. The summed E-state index contributed by atoms with van der Waals surface area (Å²) in [6.45, 7) is 9.42. The lowest BCUT2D eigenvalue weighted by atomic mass is 9.89. The number of rotatable bonds is 8. The Labute approximate surface area is 108 Å². The predicted molar refractivity (Wildman–Crippen MR) is 76.4 cm³/mol. The van der Waals surface area contributed by atoms with Crippen LogP contribution in [0, 0.1) is 11.8 Å². The van der Waals surface area contributed by atoms with Crippen molar-refractivity contribution in [1.29, 1.82) is 0 Å². The van der Waals surface area contributed by atoms with E-state index in [1.165, 1.54) is 58.2 Å². The van der Waals surface area contributed by atoms with E-state index < -0.39 is 0 Å². The Bertz CT molecular complexity index is 174. The van der Waals surface area contributed by atoms with Gasteiger partial charge >= 0.3 is 0 Å². The van der Waals surface area contributed by atoms with Crippen molar-refractivity contribution in [1.82, 2.24) is 10.2 Å². The average Bonchev–Trinajstić information content (AvgIpc) is 2.29. The van der Waals surface area contributed by atoms with Crippen molar-refractivity contribution >= 4 is 0 Å². The fourth-order valence-electron chi connectivity index (χ4n) is 2.69. The molecule has 0 heterocycles. The monoisotopic (exact) mass is 240 g/mol. The Balaban J connectivity index is 1.95. The molecule has 0 radical (unpaired) electrons. The van der Waals surface area contributed by atoms with Crippen molar-refractivity contribution in [3.05, 3.63) is 0 Å². The van der Waals surface area contributed by atoms with E-state index >= 15 is 0 Å². The molecular weight excluding hydrogens is 208 g/mol. The minimum absolute atomic E-state index is 0.822. The molecule has 1 fully saturated rings. The molecule has 0 spiro atoms. The number of hydrogen-bond acceptors (Lipinski definition) is 2. The first-order valence-corrected chi connectivity index (χ1v) is 7.57. The summed E-state index contributed by atoms with van der Waals surface area (Å²) < 4.78 is 0. The number of hydrogen-bond donors (Lipinski definition) is 1. The molecule has 0 atom stereocenters. The van der Waals surface area contributed by atoms with Crippen molar-refractivity contribution < 1.29 is 0 Å². The fourth-order valence-corrected chi connectivity index (χ4v) is 2.69. The van der Waals surface area contributed by atoms with E-state index in [-0.39, 0.29) is 0 Å². The first-order chi connectivity index (χ1) is 8.18. The van der Waals surface area contributed by atoms with Crippen LogP contribution >= 0.6 is 0 Å². The van der Waals surface area contributed by atoms with Crippen LogP contribution in [0.2, 0.25) is 0 Å². The third-order valence-corrected chi connectivity index (χ3v) is 3.86. The average molecular weight is 240 g/mol. The van der Waals surface area contributed by atoms with Gasteiger partial charge in [0.05, 0.1) is 0 Å². The van der Waals surface area contributed by atoms with Crippen LogP contribution in [0.15, 0.2) is 0 Å². The molecule has 0 amide bonds. The molecule has 1 aliphatic rings. The second-order valence-electron chi connectivity index (χ2n) is 6.20. The van der Waals surface area contributed by atoms with Crippen LogP contribution in [0.25, 0.3) is 0 Å². The molecule has 2 nitrogen and oxygen atoms in total. The van der Waals surface area contributed by atoms with Crippen LogP contribution in [-0.4, -0.2) is 38.1 Å². The molecule has 0 aromatic carbocycles. The Morgan fingerprint density at radius 2 is 1.82 bits per heavy atom. The van der Waals surface area contributed by atoms with Gasteiger partial charge in [-0.1, -0.05) is 33.1 Å². The van der Waals surface area contributed by atoms with Gasteiger partial charge in [-0.2, -0.15) is 0 Å². The van der Waals surface area contributed by atoms with Gasteiger partial charge < -0.3 is 10.2 Å². The minimum Gasteiger partial charge on any atom is -0.315 e. The maximum Gasteiger partial charge on any atom is 0.0104 e. The molecule has 2 heteroatoms. The molecule has 1 aliphatic carbocycles. The van der Waals surface area contributed by atoms with E-state index in [4.69, 9.17) is 0 Å². The van der Waals surface area contributed by atoms with Gasteiger partial charge in [0.2, 0.25) is 0 Å². The molecule has 102 valence electrons. The molecule has 17 heavy (non-hydrogen) atoms. The standard InChI is InChI=1S/C15H32N2/c1-14(2)9-10-16-11-12-17(3)13-15-7-5-4-6-8-15/h14-16H,4-13H2,1-3H3. The normalized spacial score (nSPS) is 18.2. The predicted octanol–water partition coefficient (Wildman–Crippen LogP) is 3.13. The van der Waals surface area contributed by atoms with E-state index in [2.05, 4.69) is 31.1 Å². The van der Waals surface area contributed by atoms with Gasteiger partial charge in [0, 0.05) is 19.6 Å². The third-order valence-electron chi connectivity index (χ3n) is 3.86. The van der Waals surface area contributed by atoms with Crippen LogP contribution in [0.5, 0.6) is 0 Å². The third kappa shape index (κ3) is 7.77. The fraction of sp³-hybridized carbons (Fsp3) is 1.00. The van der Waals surface area contributed by atoms with Gasteiger partial charge in [-0.25, -0.2) is 0 Å². The van der Waals surface area contributed by atoms with Crippen LogP contribution in [-0.2, 0) is 0 Å². The molecule has 1 rings (SSSR count). The highest BCUT2D eigenvalue weighted by Crippen LogP contribution is 2.23. The lowest BCUT2D eigenvalue weighted by molar-refractivity contribution is 0.233. The summed E-state index contributed by atoms with van der Waals surface area (Å²) in [6, 6.07) is 0. The van der Waals surface area contributed by atoms with Gasteiger partial charge in [-0.05, 0) is 44.7 Å². The Morgan fingerprint density at radius 1 is 1.12 bits per heavy atom. The molecule has 0 aromatic rings. The van der Waals surface area contributed by atoms with Crippen molar-refractivity contribution in [2.24, 2.45) is 11.8 Å². The van der Waals surface area contributed by atoms with Gasteiger partial charge in [0.25, 0.3) is 0 Å². The SMILES string of the molecule is CC(C)CCNCCN(C)CC1CCCCC1. The molecular formula is C15H32N2. The summed E-state index contributed by atoms with van der Waals surface area (Å²) in [5.41, 5.74) is 0. The van der Waals surface area contributed by atoms with Gasteiger partial charge in [-0.3, -0.25) is 0 Å². The van der Waals surface area contributed by atoms with Gasteiger partial charge in [0.15, 0.2) is 0 Å². The number of nitrogens with one attached hydrogen (secondary N) is 1. The van der Waals surface area contributed by atoms with Gasteiger partial charge in [0.1, 0.15) is 0 Å². The van der Waals surface area contributed by atoms with Gasteiger partial charge in [-0.15, -0.1) is 0 Å². The van der Waals surface area contributed by atoms with E-state index in [9.17, 15) is 0 Å². The quantitative estimate of drug-likeness (QED) is 0.656. The summed E-state index contributed by atoms with van der Waals surface area (Å²) in [5, 5.41) is 3.54. The summed E-state index contributed by atoms with van der Waals surface area (Å²) in [6.07, 6.45) is 8.62. The second kappa shape index (κ2) is 8.93. The highest BCUT2D eigenvalue weighted by molar-refractivity contribution is 4.69. The number of nitrogens with zero attached hydrogens (tertiary/aromatic N) is 1. The zero-order valence-electron chi connectivity index (χ0n) is 12.2. The highest BCUT2D eigenvalue weighted by atomic mass is 15.1. The van der Waals surface area contributed by atoms with Crippen LogP contribution in [0.3, 0.4) is 0 Å². The molecule has 0 unspecified atom stereocenters. The zero-order valence-corrected chi connectivity index (χ0v) is 12.2. The van der Waals surface area contributed by atoms with Crippen LogP contribution < -0.4 is 5.32 Å². The molecule has 0 aromatic heterocycles.